The van der Waals surface area contributed by atoms with Crippen molar-refractivity contribution in [3.05, 3.63) is 63.2 Å². The lowest BCUT2D eigenvalue weighted by Crippen LogP contribution is -2.02. The second-order valence-electron chi connectivity index (χ2n) is 4.77. The van der Waals surface area contributed by atoms with Gasteiger partial charge in [0.25, 0.3) is 15.8 Å². The molecule has 0 saturated heterocycles. The first-order valence-corrected chi connectivity index (χ1v) is 7.78. The molecule has 2 aromatic rings. The highest BCUT2D eigenvalue weighted by Crippen LogP contribution is 2.34. The molecule has 0 saturated carbocycles. The van der Waals surface area contributed by atoms with E-state index in [9.17, 15) is 22.9 Å². The molecule has 124 valence electrons. The molecule has 0 bridgehead atoms. The number of nitro benzene ring substituents is 1. The van der Waals surface area contributed by atoms with Gasteiger partial charge in [-0.2, -0.15) is 8.42 Å². The van der Waals surface area contributed by atoms with Crippen LogP contribution in [0.2, 0.25) is 0 Å². The molecule has 0 aliphatic carbocycles. The second kappa shape index (κ2) is 6.23. The summed E-state index contributed by atoms with van der Waals surface area (Å²) >= 11 is 0. The molecule has 0 aliphatic heterocycles. The van der Waals surface area contributed by atoms with Crippen LogP contribution in [0.3, 0.4) is 0 Å². The van der Waals surface area contributed by atoms with Crippen molar-refractivity contribution in [3.8, 4) is 0 Å². The third-order valence-electron chi connectivity index (χ3n) is 3.11. The lowest BCUT2D eigenvalue weighted by molar-refractivity contribution is -0.383. The number of anilines is 2. The van der Waals surface area contributed by atoms with E-state index in [1.165, 1.54) is 19.1 Å². The van der Waals surface area contributed by atoms with Gasteiger partial charge < -0.3 is 5.32 Å². The van der Waals surface area contributed by atoms with E-state index in [1.807, 2.05) is 0 Å². The molecular weight excluding hydrogens is 341 g/mol. The molecule has 0 heterocycles. The Balaban J connectivity index is 2.49. The number of aryl methyl sites for hydroxylation is 1. The van der Waals surface area contributed by atoms with Gasteiger partial charge in [0, 0.05) is 11.8 Å². The molecule has 24 heavy (non-hydrogen) atoms. The Labute approximate surface area is 136 Å². The summed E-state index contributed by atoms with van der Waals surface area (Å²) in [6.45, 7) is 8.21. The van der Waals surface area contributed by atoms with Gasteiger partial charge in [-0.25, -0.2) is 9.24 Å². The average Bonchev–Trinajstić information content (AvgIpc) is 2.45. The predicted molar refractivity (Wildman–Crippen MR) is 83.6 cm³/mol. The number of nitro groups is 1. The van der Waals surface area contributed by atoms with Crippen molar-refractivity contribution in [2.75, 3.05) is 5.32 Å². The van der Waals surface area contributed by atoms with Crippen molar-refractivity contribution < 1.29 is 22.3 Å². The normalized spacial score (nSPS) is 10.9. The maximum Gasteiger partial charge on any atom is 0.294 e. The third-order valence-corrected chi connectivity index (χ3v) is 4.13. The van der Waals surface area contributed by atoms with E-state index < -0.39 is 32.2 Å². The van der Waals surface area contributed by atoms with Gasteiger partial charge in [0.1, 0.15) is 11.5 Å². The summed E-state index contributed by atoms with van der Waals surface area (Å²) in [4.78, 5) is 12.9. The summed E-state index contributed by atoms with van der Waals surface area (Å²) < 4.78 is 45.1. The number of halogens is 1. The van der Waals surface area contributed by atoms with Gasteiger partial charge in [0.15, 0.2) is 0 Å². The zero-order chi connectivity index (χ0) is 18.1. The van der Waals surface area contributed by atoms with E-state index >= 15 is 0 Å². The highest BCUT2D eigenvalue weighted by atomic mass is 32.2. The van der Waals surface area contributed by atoms with Crippen LogP contribution in [0, 0.1) is 29.4 Å². The number of nitrogens with zero attached hydrogens (tertiary/aromatic N) is 2. The van der Waals surface area contributed by atoms with Crippen molar-refractivity contribution in [3.63, 3.8) is 0 Å². The summed E-state index contributed by atoms with van der Waals surface area (Å²) in [5, 5.41) is 13.7. The van der Waals surface area contributed by atoms with Crippen LogP contribution in [0.5, 0.6) is 0 Å². The fraction of sp³-hybridized carbons (Fsp3) is 0.0714. The minimum absolute atomic E-state index is 0.191. The van der Waals surface area contributed by atoms with Crippen molar-refractivity contribution in [1.29, 1.82) is 0 Å². The molecule has 0 aliphatic rings. The maximum atomic E-state index is 13.7. The van der Waals surface area contributed by atoms with Crippen LogP contribution < -0.4 is 5.32 Å². The molecule has 0 amide bonds. The van der Waals surface area contributed by atoms with Crippen molar-refractivity contribution in [2.45, 2.75) is 11.8 Å². The maximum absolute atomic E-state index is 13.7. The van der Waals surface area contributed by atoms with E-state index in [0.717, 1.165) is 18.2 Å². The molecular formula is C14H10FN3O5S. The molecule has 2 rings (SSSR count). The number of hydrogen-bond acceptors (Lipinski definition) is 5. The summed E-state index contributed by atoms with van der Waals surface area (Å²) in [6.07, 6.45) is 0. The first-order chi connectivity index (χ1) is 11.1. The molecule has 8 nitrogen and oxygen atoms in total. The second-order valence-corrected chi connectivity index (χ2v) is 6.16. The summed E-state index contributed by atoms with van der Waals surface area (Å²) in [5.41, 5.74) is -0.727. The molecule has 2 N–H and O–H groups in total. The average molecular weight is 351 g/mol. The molecule has 0 aromatic heterocycles. The Morgan fingerprint density at radius 3 is 2.50 bits per heavy atom. The van der Waals surface area contributed by atoms with E-state index in [0.29, 0.717) is 0 Å². The summed E-state index contributed by atoms with van der Waals surface area (Å²) in [7, 11) is -4.39. The predicted octanol–water partition coefficient (Wildman–Crippen LogP) is 3.58. The Hall–Kier alpha value is -3.03. The SMILES string of the molecule is [C-]#[N+]c1cc([N+](=O)[O-])c(Nc2ccc(S(=O)(=O)O)c(C)c2)cc1F. The van der Waals surface area contributed by atoms with Gasteiger partial charge in [-0.3, -0.25) is 14.7 Å². The molecule has 0 radical (unpaired) electrons. The van der Waals surface area contributed by atoms with Crippen molar-refractivity contribution in [2.24, 2.45) is 0 Å². The van der Waals surface area contributed by atoms with Crippen LogP contribution >= 0.6 is 0 Å². The molecule has 2 aromatic carbocycles. The van der Waals surface area contributed by atoms with E-state index in [-0.39, 0.29) is 21.8 Å². The summed E-state index contributed by atoms with van der Waals surface area (Å²) in [6, 6.07) is 5.33. The highest BCUT2D eigenvalue weighted by Gasteiger charge is 2.19. The lowest BCUT2D eigenvalue weighted by Gasteiger charge is -2.10. The molecule has 0 unspecified atom stereocenters. The zero-order valence-electron chi connectivity index (χ0n) is 12.1. The van der Waals surface area contributed by atoms with Gasteiger partial charge in [-0.1, -0.05) is 0 Å². The van der Waals surface area contributed by atoms with E-state index in [1.54, 1.807) is 0 Å². The van der Waals surface area contributed by atoms with E-state index in [4.69, 9.17) is 11.1 Å². The van der Waals surface area contributed by atoms with Crippen LogP contribution in [0.25, 0.3) is 4.85 Å². The van der Waals surface area contributed by atoms with Crippen molar-refractivity contribution >= 4 is 32.9 Å². The van der Waals surface area contributed by atoms with Crippen LogP contribution in [0.4, 0.5) is 27.1 Å². The fourth-order valence-corrected chi connectivity index (χ4v) is 2.77. The summed E-state index contributed by atoms with van der Waals surface area (Å²) in [5.74, 6) is -0.927. The Kier molecular flexibility index (Phi) is 4.50. The smallest absolute Gasteiger partial charge is 0.294 e. The van der Waals surface area contributed by atoms with Gasteiger partial charge in [0.2, 0.25) is 5.69 Å². The first-order valence-electron chi connectivity index (χ1n) is 6.34. The minimum Gasteiger partial charge on any atom is -0.350 e. The lowest BCUT2D eigenvalue weighted by atomic mass is 10.2. The van der Waals surface area contributed by atoms with Gasteiger partial charge in [0.05, 0.1) is 16.4 Å². The number of benzene rings is 2. The van der Waals surface area contributed by atoms with Crippen LogP contribution in [0.1, 0.15) is 5.56 Å². The number of rotatable bonds is 4. The minimum atomic E-state index is -4.39. The Bertz CT molecular complexity index is 983. The monoisotopic (exact) mass is 351 g/mol. The van der Waals surface area contributed by atoms with E-state index in [2.05, 4.69) is 10.2 Å². The van der Waals surface area contributed by atoms with Gasteiger partial charge in [-0.15, -0.1) is 0 Å². The van der Waals surface area contributed by atoms with Gasteiger partial charge in [-0.05, 0) is 36.8 Å². The van der Waals surface area contributed by atoms with Gasteiger partial charge >= 0.3 is 0 Å². The fourth-order valence-electron chi connectivity index (χ4n) is 2.06. The first kappa shape index (κ1) is 17.3. The van der Waals surface area contributed by atoms with Crippen LogP contribution in [-0.2, 0) is 10.1 Å². The number of hydrogen-bond donors (Lipinski definition) is 2. The highest BCUT2D eigenvalue weighted by molar-refractivity contribution is 7.85. The van der Waals surface area contributed by atoms with Crippen LogP contribution in [0.15, 0.2) is 35.2 Å². The third kappa shape index (κ3) is 3.48. The molecule has 0 spiro atoms. The van der Waals surface area contributed by atoms with Crippen molar-refractivity contribution in [1.82, 2.24) is 0 Å². The number of nitrogens with one attached hydrogen (secondary N) is 1. The largest absolute Gasteiger partial charge is 0.350 e. The Morgan fingerprint density at radius 1 is 1.33 bits per heavy atom. The molecule has 0 fully saturated rings. The zero-order valence-corrected chi connectivity index (χ0v) is 13.0. The standard InChI is InChI=1S/C14H10FN3O5S/c1-8-5-9(3-4-14(8)24(21,22)23)17-12-6-10(15)11(16-2)7-13(12)18(19)20/h3-7,17H,1H3,(H,21,22,23). The van der Waals surface area contributed by atoms with Crippen LogP contribution in [-0.4, -0.2) is 17.9 Å². The molecule has 10 heteroatoms. The molecule has 0 atom stereocenters. The Morgan fingerprint density at radius 2 is 2.00 bits per heavy atom. The quantitative estimate of drug-likeness (QED) is 0.377. The topological polar surface area (TPSA) is 114 Å².